The summed E-state index contributed by atoms with van der Waals surface area (Å²) in [5, 5.41) is 15.5. The molecule has 2 rings (SSSR count). The fraction of sp³-hybridized carbons (Fsp3) is 0.455. The van der Waals surface area contributed by atoms with Gasteiger partial charge in [0, 0.05) is 25.0 Å². The molecule has 16 heavy (non-hydrogen) atoms. The Bertz CT molecular complexity index is 375. The van der Waals surface area contributed by atoms with Crippen molar-refractivity contribution in [3.8, 4) is 0 Å². The highest BCUT2D eigenvalue weighted by Crippen LogP contribution is 2.16. The number of nitrogens with zero attached hydrogens (tertiary/aromatic N) is 1. The molecule has 1 aliphatic heterocycles. The Kier molecular flexibility index (Phi) is 3.36. The molecular formula is C11H15N3O2. The standard InChI is InChI=1S/C11H15N3O2/c15-11(16)9-7-13-5-3-10(9)14-8-2-1-4-12-6-8/h3,5,7-8,12H,1-2,4,6H2,(H,13,14)(H,15,16). The zero-order chi connectivity index (χ0) is 11.4. The molecule has 1 aromatic heterocycles. The molecule has 5 heteroatoms. The summed E-state index contributed by atoms with van der Waals surface area (Å²) in [6.45, 7) is 1.92. The number of hydrogen-bond donors (Lipinski definition) is 3. The van der Waals surface area contributed by atoms with Crippen LogP contribution in [0.4, 0.5) is 5.69 Å². The fourth-order valence-electron chi connectivity index (χ4n) is 1.89. The third-order valence-electron chi connectivity index (χ3n) is 2.71. The highest BCUT2D eigenvalue weighted by Gasteiger charge is 2.16. The predicted molar refractivity (Wildman–Crippen MR) is 60.7 cm³/mol. The maximum Gasteiger partial charge on any atom is 0.339 e. The van der Waals surface area contributed by atoms with Crippen molar-refractivity contribution in [1.82, 2.24) is 10.3 Å². The van der Waals surface area contributed by atoms with Gasteiger partial charge in [-0.25, -0.2) is 4.79 Å². The second kappa shape index (κ2) is 4.94. The molecule has 1 saturated heterocycles. The summed E-state index contributed by atoms with van der Waals surface area (Å²) in [6.07, 6.45) is 5.16. The number of carboxylic acid groups (broad SMARTS) is 1. The van der Waals surface area contributed by atoms with Gasteiger partial charge in [0.1, 0.15) is 5.56 Å². The average molecular weight is 221 g/mol. The van der Waals surface area contributed by atoms with Gasteiger partial charge >= 0.3 is 5.97 Å². The van der Waals surface area contributed by atoms with Crippen molar-refractivity contribution in [2.75, 3.05) is 18.4 Å². The zero-order valence-electron chi connectivity index (χ0n) is 8.94. The van der Waals surface area contributed by atoms with E-state index < -0.39 is 5.97 Å². The second-order valence-electron chi connectivity index (χ2n) is 3.91. The third-order valence-corrected chi connectivity index (χ3v) is 2.71. The van der Waals surface area contributed by atoms with Crippen molar-refractivity contribution in [2.24, 2.45) is 0 Å². The highest BCUT2D eigenvalue weighted by atomic mass is 16.4. The van der Waals surface area contributed by atoms with Crippen LogP contribution in [-0.4, -0.2) is 35.2 Å². The van der Waals surface area contributed by atoms with Crippen LogP contribution in [0.15, 0.2) is 18.5 Å². The van der Waals surface area contributed by atoms with Gasteiger partial charge in [-0.05, 0) is 25.5 Å². The molecule has 3 N–H and O–H groups in total. The van der Waals surface area contributed by atoms with Crippen molar-refractivity contribution < 1.29 is 9.90 Å². The Labute approximate surface area is 93.9 Å². The Morgan fingerprint density at radius 2 is 2.50 bits per heavy atom. The van der Waals surface area contributed by atoms with E-state index in [0.717, 1.165) is 25.9 Å². The molecule has 1 aromatic rings. The van der Waals surface area contributed by atoms with Crippen LogP contribution >= 0.6 is 0 Å². The number of piperidine rings is 1. The minimum Gasteiger partial charge on any atom is -0.478 e. The summed E-state index contributed by atoms with van der Waals surface area (Å²) in [5.41, 5.74) is 0.879. The summed E-state index contributed by atoms with van der Waals surface area (Å²) in [7, 11) is 0. The van der Waals surface area contributed by atoms with E-state index in [-0.39, 0.29) is 5.56 Å². The maximum absolute atomic E-state index is 11.0. The average Bonchev–Trinajstić information content (AvgIpc) is 2.31. The van der Waals surface area contributed by atoms with Gasteiger partial charge in [0.15, 0.2) is 0 Å². The normalized spacial score (nSPS) is 20.4. The molecule has 2 heterocycles. The zero-order valence-corrected chi connectivity index (χ0v) is 8.94. The van der Waals surface area contributed by atoms with E-state index in [4.69, 9.17) is 5.11 Å². The van der Waals surface area contributed by atoms with E-state index in [1.54, 1.807) is 12.3 Å². The number of carbonyl (C=O) groups is 1. The van der Waals surface area contributed by atoms with Gasteiger partial charge in [0.05, 0.1) is 5.69 Å². The van der Waals surface area contributed by atoms with E-state index in [9.17, 15) is 4.79 Å². The Hall–Kier alpha value is -1.62. The van der Waals surface area contributed by atoms with E-state index in [1.165, 1.54) is 6.20 Å². The highest BCUT2D eigenvalue weighted by molar-refractivity contribution is 5.93. The lowest BCUT2D eigenvalue weighted by atomic mass is 10.1. The molecule has 0 bridgehead atoms. The summed E-state index contributed by atoms with van der Waals surface area (Å²) in [4.78, 5) is 14.8. The summed E-state index contributed by atoms with van der Waals surface area (Å²) < 4.78 is 0. The number of aromatic nitrogens is 1. The SMILES string of the molecule is O=C(O)c1cnccc1NC1CCCNC1. The summed E-state index contributed by atoms with van der Waals surface area (Å²) in [6, 6.07) is 2.01. The molecule has 1 fully saturated rings. The van der Waals surface area contributed by atoms with Gasteiger partial charge in [0.25, 0.3) is 0 Å². The smallest absolute Gasteiger partial charge is 0.339 e. The molecule has 86 valence electrons. The number of hydrogen-bond acceptors (Lipinski definition) is 4. The number of carboxylic acids is 1. The third kappa shape index (κ3) is 2.49. The molecule has 0 radical (unpaired) electrons. The predicted octanol–water partition coefficient (Wildman–Crippen LogP) is 0.944. The van der Waals surface area contributed by atoms with Crippen LogP contribution in [0, 0.1) is 0 Å². The van der Waals surface area contributed by atoms with Crippen LogP contribution < -0.4 is 10.6 Å². The van der Waals surface area contributed by atoms with Gasteiger partial charge in [-0.3, -0.25) is 4.98 Å². The van der Waals surface area contributed by atoms with Crippen LogP contribution in [0.25, 0.3) is 0 Å². The lowest BCUT2D eigenvalue weighted by molar-refractivity contribution is 0.0697. The second-order valence-corrected chi connectivity index (χ2v) is 3.91. The maximum atomic E-state index is 11.0. The molecule has 1 unspecified atom stereocenters. The molecule has 0 aliphatic carbocycles. The van der Waals surface area contributed by atoms with Crippen LogP contribution in [0.5, 0.6) is 0 Å². The molecule has 0 spiro atoms. The molecule has 0 saturated carbocycles. The Morgan fingerprint density at radius 3 is 3.19 bits per heavy atom. The van der Waals surface area contributed by atoms with Gasteiger partial charge < -0.3 is 15.7 Å². The van der Waals surface area contributed by atoms with E-state index in [1.807, 2.05) is 0 Å². The number of rotatable bonds is 3. The Morgan fingerprint density at radius 1 is 1.62 bits per heavy atom. The lowest BCUT2D eigenvalue weighted by Crippen LogP contribution is -2.38. The largest absolute Gasteiger partial charge is 0.478 e. The molecule has 0 aromatic carbocycles. The number of nitrogens with one attached hydrogen (secondary N) is 2. The molecule has 0 amide bonds. The molecule has 1 atom stereocenters. The van der Waals surface area contributed by atoms with Crippen LogP contribution in [0.1, 0.15) is 23.2 Å². The first kappa shape index (κ1) is 10.9. The van der Waals surface area contributed by atoms with Crippen molar-refractivity contribution in [1.29, 1.82) is 0 Å². The van der Waals surface area contributed by atoms with Crippen LogP contribution in [0.2, 0.25) is 0 Å². The lowest BCUT2D eigenvalue weighted by Gasteiger charge is -2.25. The van der Waals surface area contributed by atoms with Crippen molar-refractivity contribution in [2.45, 2.75) is 18.9 Å². The van der Waals surface area contributed by atoms with E-state index >= 15 is 0 Å². The van der Waals surface area contributed by atoms with E-state index in [2.05, 4.69) is 15.6 Å². The van der Waals surface area contributed by atoms with Gasteiger partial charge in [0.2, 0.25) is 0 Å². The monoisotopic (exact) mass is 221 g/mol. The molecular weight excluding hydrogens is 206 g/mol. The van der Waals surface area contributed by atoms with Gasteiger partial charge in [-0.2, -0.15) is 0 Å². The first-order valence-electron chi connectivity index (χ1n) is 5.42. The topological polar surface area (TPSA) is 74.2 Å². The number of anilines is 1. The van der Waals surface area contributed by atoms with Gasteiger partial charge in [-0.15, -0.1) is 0 Å². The quantitative estimate of drug-likeness (QED) is 0.708. The van der Waals surface area contributed by atoms with Gasteiger partial charge in [-0.1, -0.05) is 0 Å². The van der Waals surface area contributed by atoms with Crippen LogP contribution in [-0.2, 0) is 0 Å². The number of aromatic carboxylic acids is 1. The summed E-state index contributed by atoms with van der Waals surface area (Å²) in [5.74, 6) is -0.945. The minimum absolute atomic E-state index is 0.230. The molecule has 1 aliphatic rings. The first-order chi connectivity index (χ1) is 7.77. The Balaban J connectivity index is 2.10. The number of pyridine rings is 1. The van der Waals surface area contributed by atoms with Crippen molar-refractivity contribution >= 4 is 11.7 Å². The van der Waals surface area contributed by atoms with Crippen molar-refractivity contribution in [3.05, 3.63) is 24.0 Å². The van der Waals surface area contributed by atoms with E-state index in [0.29, 0.717) is 11.7 Å². The van der Waals surface area contributed by atoms with Crippen LogP contribution in [0.3, 0.4) is 0 Å². The molecule has 5 nitrogen and oxygen atoms in total. The summed E-state index contributed by atoms with van der Waals surface area (Å²) >= 11 is 0. The van der Waals surface area contributed by atoms with Crippen molar-refractivity contribution in [3.63, 3.8) is 0 Å². The fourth-order valence-corrected chi connectivity index (χ4v) is 1.89. The first-order valence-corrected chi connectivity index (χ1v) is 5.42. The minimum atomic E-state index is -0.945.